The lowest BCUT2D eigenvalue weighted by Gasteiger charge is -2.10. The molecule has 1 aromatic rings. The topological polar surface area (TPSA) is 50.7 Å². The van der Waals surface area contributed by atoms with Crippen molar-refractivity contribution in [1.29, 1.82) is 0 Å². The monoisotopic (exact) mass is 248 g/mol. The molecule has 2 N–H and O–H groups in total. The van der Waals surface area contributed by atoms with Crippen LogP contribution in [0.3, 0.4) is 0 Å². The van der Waals surface area contributed by atoms with E-state index in [4.69, 9.17) is 13.6 Å². The Hall–Kier alpha value is -1.13. The molecule has 2 rings (SSSR count). The molecule has 0 saturated heterocycles. The third kappa shape index (κ3) is 2.51. The van der Waals surface area contributed by atoms with Crippen molar-refractivity contribution in [2.24, 2.45) is 0 Å². The Labute approximate surface area is 105 Å². The molecule has 0 amide bonds. The number of halogens is 1. The summed E-state index contributed by atoms with van der Waals surface area (Å²) in [6.07, 6.45) is 0.475. The summed E-state index contributed by atoms with van der Waals surface area (Å²) < 4.78 is 31.6. The first-order valence-electron chi connectivity index (χ1n) is 6.24. The van der Waals surface area contributed by atoms with Crippen LogP contribution < -0.4 is 14.8 Å². The Morgan fingerprint density at radius 3 is 3.12 bits per heavy atom. The Balaban J connectivity index is 0.00000180. The number of phenolic OH excluding ortho intramolecular Hbond substituents is 1. The average molecular weight is 249 g/mol. The van der Waals surface area contributed by atoms with Crippen molar-refractivity contribution in [1.82, 2.24) is 5.32 Å². The van der Waals surface area contributed by atoms with E-state index in [1.165, 1.54) is 0 Å². The van der Waals surface area contributed by atoms with Crippen LogP contribution in [0.25, 0.3) is 0 Å². The van der Waals surface area contributed by atoms with Crippen LogP contribution >= 0.6 is 12.4 Å². The van der Waals surface area contributed by atoms with Gasteiger partial charge in [-0.3, -0.25) is 0 Å². The van der Waals surface area contributed by atoms with Gasteiger partial charge in [-0.2, -0.15) is 0 Å². The van der Waals surface area contributed by atoms with E-state index in [1.807, 2.05) is 0 Å². The highest BCUT2D eigenvalue weighted by Gasteiger charge is 2.19. The number of hydrogen-bond donors (Lipinski definition) is 2. The maximum atomic E-state index is 9.72. The zero-order valence-electron chi connectivity index (χ0n) is 11.8. The van der Waals surface area contributed by atoms with Gasteiger partial charge in [0.25, 0.3) is 0 Å². The average Bonchev–Trinajstić information content (AvgIpc) is 2.62. The second-order valence-electron chi connectivity index (χ2n) is 3.60. The van der Waals surface area contributed by atoms with Gasteiger partial charge in [0.05, 0.1) is 0 Å². The van der Waals surface area contributed by atoms with Crippen LogP contribution in [-0.4, -0.2) is 24.9 Å². The van der Waals surface area contributed by atoms with Crippen LogP contribution in [0.5, 0.6) is 17.2 Å². The summed E-state index contributed by atoms with van der Waals surface area (Å²) in [6, 6.07) is 3.07. The molecule has 1 aliphatic heterocycles. The molecule has 90 valence electrons. The lowest BCUT2D eigenvalue weighted by Crippen LogP contribution is -2.23. The van der Waals surface area contributed by atoms with Gasteiger partial charge in [-0.25, -0.2) is 0 Å². The summed E-state index contributed by atoms with van der Waals surface area (Å²) in [6.45, 7) is -0.304. The Bertz CT molecular complexity index is 454. The molecule has 16 heavy (non-hydrogen) atoms. The third-order valence-corrected chi connectivity index (χ3v) is 2.30. The number of hydrogen-bond acceptors (Lipinski definition) is 4. The number of likely N-dealkylation sites (N-methyl/N-ethyl adjacent to an activating group) is 1. The normalized spacial score (nSPS) is 17.9. The second kappa shape index (κ2) is 5.27. The fraction of sp³-hybridized carbons (Fsp3) is 0.455. The van der Waals surface area contributed by atoms with E-state index in [2.05, 4.69) is 5.32 Å². The van der Waals surface area contributed by atoms with E-state index in [0.717, 1.165) is 5.56 Å². The van der Waals surface area contributed by atoms with Crippen molar-refractivity contribution < 1.29 is 18.7 Å². The van der Waals surface area contributed by atoms with E-state index in [9.17, 15) is 5.11 Å². The largest absolute Gasteiger partial charge is 0.504 e. The molecule has 5 heteroatoms. The molecule has 1 aromatic carbocycles. The van der Waals surface area contributed by atoms with Crippen LogP contribution in [0.4, 0.5) is 0 Å². The smallest absolute Gasteiger partial charge is 0.231 e. The summed E-state index contributed by atoms with van der Waals surface area (Å²) in [7, 11) is 0. The lowest BCUT2D eigenvalue weighted by atomic mass is 10.1. The van der Waals surface area contributed by atoms with E-state index in [-0.39, 0.29) is 31.0 Å². The zero-order chi connectivity index (χ0) is 13.3. The molecular weight excluding hydrogens is 230 g/mol. The van der Waals surface area contributed by atoms with Gasteiger partial charge in [0.2, 0.25) is 12.5 Å². The first kappa shape index (κ1) is 8.96. The van der Waals surface area contributed by atoms with Crippen LogP contribution in [0.2, 0.25) is 0 Å². The summed E-state index contributed by atoms with van der Waals surface area (Å²) in [5.74, 6) is 0.849. The van der Waals surface area contributed by atoms with Crippen molar-refractivity contribution in [3.8, 4) is 17.2 Å². The van der Waals surface area contributed by atoms with Crippen LogP contribution in [0, 0.1) is 0 Å². The van der Waals surface area contributed by atoms with Gasteiger partial charge >= 0.3 is 0 Å². The summed E-state index contributed by atoms with van der Waals surface area (Å²) in [5.41, 5.74) is 0.793. The highest BCUT2D eigenvalue weighted by atomic mass is 35.5. The molecule has 0 unspecified atom stereocenters. The third-order valence-electron chi connectivity index (χ3n) is 2.30. The second-order valence-corrected chi connectivity index (χ2v) is 3.60. The SMILES string of the molecule is Cl.[2H]C([2H])([2H])N[C@@H](C)Cc1cc(O)c2c(c1)OCO2. The van der Waals surface area contributed by atoms with E-state index in [0.29, 0.717) is 17.9 Å². The predicted octanol–water partition coefficient (Wildman–Crippen LogP) is 1.69. The standard InChI is InChI=1S/C11H15NO3.ClH/c1-7(12-2)3-8-4-9(13)11-10(5-8)14-6-15-11;/h4-5,7,12-13H,3,6H2,1-2H3;1H/t7-;/m0./s1/i2D3;. The van der Waals surface area contributed by atoms with Gasteiger partial charge in [0.15, 0.2) is 11.5 Å². The van der Waals surface area contributed by atoms with Gasteiger partial charge in [0, 0.05) is 10.2 Å². The molecule has 0 spiro atoms. The molecule has 1 heterocycles. The number of ether oxygens (including phenoxy) is 2. The number of fused-ring (bicyclic) bond motifs is 1. The first-order valence-corrected chi connectivity index (χ1v) is 4.74. The van der Waals surface area contributed by atoms with Crippen LogP contribution in [-0.2, 0) is 6.42 Å². The van der Waals surface area contributed by atoms with Gasteiger partial charge in [-0.15, -0.1) is 12.4 Å². The zero-order valence-corrected chi connectivity index (χ0v) is 9.63. The molecular formula is C11H16ClNO3. The molecule has 0 aromatic heterocycles. The maximum Gasteiger partial charge on any atom is 0.231 e. The number of benzene rings is 1. The Morgan fingerprint density at radius 1 is 1.56 bits per heavy atom. The summed E-state index contributed by atoms with van der Waals surface area (Å²) in [4.78, 5) is 0. The highest BCUT2D eigenvalue weighted by Crippen LogP contribution is 2.41. The molecule has 0 fully saturated rings. The number of phenols is 1. The molecule has 0 bridgehead atoms. The van der Waals surface area contributed by atoms with E-state index >= 15 is 0 Å². The van der Waals surface area contributed by atoms with Gasteiger partial charge in [0.1, 0.15) is 0 Å². The first-order chi connectivity index (χ1) is 8.35. The summed E-state index contributed by atoms with van der Waals surface area (Å²) >= 11 is 0. The molecule has 4 nitrogen and oxygen atoms in total. The predicted molar refractivity (Wildman–Crippen MR) is 63.7 cm³/mol. The van der Waals surface area contributed by atoms with Crippen molar-refractivity contribution in [3.63, 3.8) is 0 Å². The molecule has 1 aliphatic rings. The van der Waals surface area contributed by atoms with Gasteiger partial charge in [-0.1, -0.05) is 0 Å². The maximum absolute atomic E-state index is 9.72. The fourth-order valence-electron chi connectivity index (χ4n) is 1.57. The van der Waals surface area contributed by atoms with Crippen molar-refractivity contribution in [3.05, 3.63) is 17.7 Å². The summed E-state index contributed by atoms with van der Waals surface area (Å²) in [5, 5.41) is 12.2. The minimum atomic E-state index is -2.17. The molecule has 0 aliphatic carbocycles. The van der Waals surface area contributed by atoms with Crippen molar-refractivity contribution in [2.45, 2.75) is 19.4 Å². The molecule has 0 radical (unpaired) electrons. The minimum Gasteiger partial charge on any atom is -0.504 e. The van der Waals surface area contributed by atoms with Crippen molar-refractivity contribution >= 4 is 12.4 Å². The fourth-order valence-corrected chi connectivity index (χ4v) is 1.57. The highest BCUT2D eigenvalue weighted by molar-refractivity contribution is 5.85. The van der Waals surface area contributed by atoms with Gasteiger partial charge < -0.3 is 19.9 Å². The number of rotatable bonds is 3. The minimum absolute atomic E-state index is 0. The molecule has 1 atom stereocenters. The van der Waals surface area contributed by atoms with Gasteiger partial charge in [-0.05, 0) is 38.0 Å². The Morgan fingerprint density at radius 2 is 2.38 bits per heavy atom. The van der Waals surface area contributed by atoms with Crippen molar-refractivity contribution in [2.75, 3.05) is 13.8 Å². The van der Waals surface area contributed by atoms with Crippen LogP contribution in [0.15, 0.2) is 12.1 Å². The Kier molecular flexibility index (Phi) is 2.95. The number of aromatic hydroxyl groups is 1. The van der Waals surface area contributed by atoms with Crippen LogP contribution in [0.1, 0.15) is 16.6 Å². The molecule has 0 saturated carbocycles. The number of nitrogens with one attached hydrogen (secondary N) is 1. The quantitative estimate of drug-likeness (QED) is 0.855. The van der Waals surface area contributed by atoms with E-state index in [1.54, 1.807) is 19.1 Å². The van der Waals surface area contributed by atoms with E-state index < -0.39 is 6.98 Å². The lowest BCUT2D eigenvalue weighted by molar-refractivity contribution is 0.171.